The molecule has 0 heterocycles. The lowest BCUT2D eigenvalue weighted by atomic mass is 10.3. The number of allylic oxidation sites excluding steroid dienone is 2. The summed E-state index contributed by atoms with van der Waals surface area (Å²) in [5.74, 6) is 0. The molecule has 0 aliphatic carbocycles. The molecule has 0 aromatic heterocycles. The van der Waals surface area contributed by atoms with Gasteiger partial charge in [0, 0.05) is 7.11 Å². The van der Waals surface area contributed by atoms with E-state index in [4.69, 9.17) is 4.43 Å². The van der Waals surface area contributed by atoms with Crippen LogP contribution >= 0.6 is 0 Å². The minimum atomic E-state index is -0.140. The van der Waals surface area contributed by atoms with Gasteiger partial charge < -0.3 is 4.43 Å². The summed E-state index contributed by atoms with van der Waals surface area (Å²) < 4.78 is 5.04. The van der Waals surface area contributed by atoms with E-state index in [0.717, 1.165) is 0 Å². The maximum atomic E-state index is 5.04. The predicted octanol–water partition coefficient (Wildman–Crippen LogP) is 1.49. The van der Waals surface area contributed by atoms with Gasteiger partial charge in [-0.1, -0.05) is 18.6 Å². The largest absolute Gasteiger partial charge is 0.427 e. The van der Waals surface area contributed by atoms with Gasteiger partial charge in [-0.05, 0) is 19.4 Å². The van der Waals surface area contributed by atoms with Crippen molar-refractivity contribution in [1.29, 1.82) is 0 Å². The molecule has 0 N–H and O–H groups in total. The zero-order valence-corrected chi connectivity index (χ0v) is 7.81. The molecule has 0 unspecified atom stereocenters. The molecule has 0 bridgehead atoms. The molecule has 0 radical (unpaired) electrons. The van der Waals surface area contributed by atoms with Crippen LogP contribution in [-0.4, -0.2) is 16.9 Å². The number of rotatable bonds is 5. The first-order chi connectivity index (χ1) is 4.41. The number of hydrogen-bond donors (Lipinski definition) is 0. The van der Waals surface area contributed by atoms with E-state index >= 15 is 0 Å². The SMILES string of the molecule is CC=CCCC[SiH2]OC. The van der Waals surface area contributed by atoms with E-state index in [1.165, 1.54) is 18.9 Å². The quantitative estimate of drug-likeness (QED) is 0.323. The Balaban J connectivity index is 2.75. The third kappa shape index (κ3) is 7.92. The summed E-state index contributed by atoms with van der Waals surface area (Å²) in [6, 6.07) is 1.32. The van der Waals surface area contributed by atoms with Gasteiger partial charge in [0.2, 0.25) is 0 Å². The molecule has 0 aliphatic heterocycles. The standard InChI is InChI=1S/C7H16OSi/c1-3-4-5-6-7-9-8-2/h3-4H,5-7,9H2,1-2H3. The van der Waals surface area contributed by atoms with E-state index in [-0.39, 0.29) is 9.76 Å². The van der Waals surface area contributed by atoms with E-state index < -0.39 is 0 Å². The number of unbranched alkanes of at least 4 members (excludes halogenated alkanes) is 1. The average Bonchev–Trinajstić information content (AvgIpc) is 1.89. The van der Waals surface area contributed by atoms with Gasteiger partial charge in [0.25, 0.3) is 0 Å². The minimum Gasteiger partial charge on any atom is -0.427 e. The van der Waals surface area contributed by atoms with Crippen LogP contribution in [-0.2, 0) is 4.43 Å². The van der Waals surface area contributed by atoms with Gasteiger partial charge in [-0.2, -0.15) is 0 Å². The predicted molar refractivity (Wildman–Crippen MR) is 44.4 cm³/mol. The Morgan fingerprint density at radius 3 is 2.89 bits per heavy atom. The Labute approximate surface area is 60.1 Å². The molecule has 0 aromatic rings. The fourth-order valence-electron chi connectivity index (χ4n) is 0.675. The van der Waals surface area contributed by atoms with Crippen molar-refractivity contribution in [2.45, 2.75) is 25.8 Å². The Hall–Kier alpha value is -0.0831. The molecule has 0 fully saturated rings. The molecule has 0 saturated carbocycles. The molecule has 0 amide bonds. The van der Waals surface area contributed by atoms with Gasteiger partial charge in [-0.25, -0.2) is 0 Å². The molecule has 0 spiro atoms. The number of hydrogen-bond acceptors (Lipinski definition) is 1. The van der Waals surface area contributed by atoms with Crippen LogP contribution in [0.1, 0.15) is 19.8 Å². The molecule has 1 nitrogen and oxygen atoms in total. The fraction of sp³-hybridized carbons (Fsp3) is 0.714. The molecule has 54 valence electrons. The van der Waals surface area contributed by atoms with Crippen LogP contribution in [0.5, 0.6) is 0 Å². The highest BCUT2D eigenvalue weighted by molar-refractivity contribution is 6.26. The van der Waals surface area contributed by atoms with E-state index in [0.29, 0.717) is 0 Å². The van der Waals surface area contributed by atoms with Crippen molar-refractivity contribution < 1.29 is 4.43 Å². The smallest absolute Gasteiger partial charge is 0.161 e. The molecule has 2 heteroatoms. The van der Waals surface area contributed by atoms with Crippen LogP contribution in [0, 0.1) is 0 Å². The first-order valence-electron chi connectivity index (χ1n) is 3.52. The monoisotopic (exact) mass is 144 g/mol. The van der Waals surface area contributed by atoms with E-state index in [1.807, 2.05) is 7.11 Å². The van der Waals surface area contributed by atoms with Crippen molar-refractivity contribution in [2.75, 3.05) is 7.11 Å². The van der Waals surface area contributed by atoms with Crippen molar-refractivity contribution in [3.63, 3.8) is 0 Å². The highest BCUT2D eigenvalue weighted by Gasteiger charge is 1.83. The maximum Gasteiger partial charge on any atom is 0.161 e. The molecule has 0 aromatic carbocycles. The highest BCUT2D eigenvalue weighted by Crippen LogP contribution is 1.95. The Bertz CT molecular complexity index is 71.3. The molecule has 0 saturated heterocycles. The van der Waals surface area contributed by atoms with Crippen LogP contribution < -0.4 is 0 Å². The van der Waals surface area contributed by atoms with Gasteiger partial charge in [0.1, 0.15) is 0 Å². The van der Waals surface area contributed by atoms with Gasteiger partial charge >= 0.3 is 0 Å². The third-order valence-electron chi connectivity index (χ3n) is 1.20. The molecular formula is C7H16OSi. The topological polar surface area (TPSA) is 9.23 Å². The van der Waals surface area contributed by atoms with Gasteiger partial charge in [0.15, 0.2) is 9.76 Å². The summed E-state index contributed by atoms with van der Waals surface area (Å²) in [5, 5.41) is 0. The highest BCUT2D eigenvalue weighted by atomic mass is 28.2. The lowest BCUT2D eigenvalue weighted by Gasteiger charge is -1.93. The summed E-state index contributed by atoms with van der Waals surface area (Å²) >= 11 is 0. The Morgan fingerprint density at radius 1 is 1.56 bits per heavy atom. The molecule has 9 heavy (non-hydrogen) atoms. The summed E-state index contributed by atoms with van der Waals surface area (Å²) in [6.45, 7) is 2.06. The minimum absolute atomic E-state index is 0.140. The fourth-order valence-corrected chi connectivity index (χ4v) is 1.46. The van der Waals surface area contributed by atoms with Gasteiger partial charge in [-0.15, -0.1) is 0 Å². The average molecular weight is 144 g/mol. The van der Waals surface area contributed by atoms with Gasteiger partial charge in [-0.3, -0.25) is 0 Å². The Morgan fingerprint density at radius 2 is 2.33 bits per heavy atom. The second-order valence-electron chi connectivity index (χ2n) is 2.06. The summed E-state index contributed by atoms with van der Waals surface area (Å²) in [4.78, 5) is 0. The van der Waals surface area contributed by atoms with Crippen LogP contribution in [0.15, 0.2) is 12.2 Å². The summed E-state index contributed by atoms with van der Waals surface area (Å²) in [5.41, 5.74) is 0. The van der Waals surface area contributed by atoms with E-state index in [9.17, 15) is 0 Å². The van der Waals surface area contributed by atoms with Crippen molar-refractivity contribution >= 4 is 9.76 Å². The normalized spacial score (nSPS) is 12.2. The third-order valence-corrected chi connectivity index (χ3v) is 2.40. The summed E-state index contributed by atoms with van der Waals surface area (Å²) in [6.07, 6.45) is 6.86. The zero-order chi connectivity index (χ0) is 6.95. The van der Waals surface area contributed by atoms with Crippen LogP contribution in [0.3, 0.4) is 0 Å². The van der Waals surface area contributed by atoms with E-state index in [1.54, 1.807) is 0 Å². The van der Waals surface area contributed by atoms with Crippen LogP contribution in [0.25, 0.3) is 0 Å². The van der Waals surface area contributed by atoms with E-state index in [2.05, 4.69) is 19.1 Å². The van der Waals surface area contributed by atoms with Crippen molar-refractivity contribution in [3.8, 4) is 0 Å². The molecule has 0 aliphatic rings. The maximum absolute atomic E-state index is 5.04. The van der Waals surface area contributed by atoms with Crippen molar-refractivity contribution in [3.05, 3.63) is 12.2 Å². The van der Waals surface area contributed by atoms with Crippen LogP contribution in [0.2, 0.25) is 6.04 Å². The Kier molecular flexibility index (Phi) is 7.84. The lowest BCUT2D eigenvalue weighted by molar-refractivity contribution is 0.439. The second-order valence-corrected chi connectivity index (χ2v) is 3.75. The zero-order valence-electron chi connectivity index (χ0n) is 6.39. The second kappa shape index (κ2) is 7.92. The molecular weight excluding hydrogens is 128 g/mol. The van der Waals surface area contributed by atoms with Gasteiger partial charge in [0.05, 0.1) is 0 Å². The van der Waals surface area contributed by atoms with Crippen molar-refractivity contribution in [2.24, 2.45) is 0 Å². The summed E-state index contributed by atoms with van der Waals surface area (Å²) in [7, 11) is 1.67. The molecule has 0 atom stereocenters. The lowest BCUT2D eigenvalue weighted by Crippen LogP contribution is -1.90. The first-order valence-corrected chi connectivity index (χ1v) is 5.09. The first kappa shape index (κ1) is 8.92. The van der Waals surface area contributed by atoms with Crippen LogP contribution in [0.4, 0.5) is 0 Å². The van der Waals surface area contributed by atoms with Crippen molar-refractivity contribution in [1.82, 2.24) is 0 Å². The molecule has 0 rings (SSSR count).